The van der Waals surface area contributed by atoms with Crippen molar-refractivity contribution in [2.45, 2.75) is 39.2 Å². The second kappa shape index (κ2) is 7.21. The Labute approximate surface area is 142 Å². The normalized spacial score (nSPS) is 16.5. The largest absolute Gasteiger partial charge is 0.468 e. The van der Waals surface area contributed by atoms with E-state index in [-0.39, 0.29) is 11.9 Å². The van der Waals surface area contributed by atoms with E-state index in [9.17, 15) is 4.79 Å². The van der Waals surface area contributed by atoms with Crippen LogP contribution in [0.3, 0.4) is 0 Å². The highest BCUT2D eigenvalue weighted by molar-refractivity contribution is 5.79. The summed E-state index contributed by atoms with van der Waals surface area (Å²) in [5, 5.41) is 7.46. The van der Waals surface area contributed by atoms with E-state index in [0.29, 0.717) is 13.0 Å². The Balaban J connectivity index is 1.63. The average Bonchev–Trinajstić information content (AvgIpc) is 3.28. The molecule has 1 N–H and O–H groups in total. The second-order valence-corrected chi connectivity index (χ2v) is 6.53. The monoisotopic (exact) mass is 330 g/mol. The standard InChI is InChI=1S/C18H26N4O2/c1-13-15(14(2)21(3)20-13)11-18(23)19-12-16(17-7-6-10-24-17)22-8-4-5-9-22/h6-7,10,16H,4-5,8-9,11-12H2,1-3H3,(H,19,23). The van der Waals surface area contributed by atoms with E-state index in [1.54, 1.807) is 6.26 Å². The Kier molecular flexibility index (Phi) is 5.04. The van der Waals surface area contributed by atoms with E-state index in [1.807, 2.05) is 37.7 Å². The lowest BCUT2D eigenvalue weighted by atomic mass is 10.1. The first-order valence-corrected chi connectivity index (χ1v) is 8.59. The maximum Gasteiger partial charge on any atom is 0.224 e. The van der Waals surface area contributed by atoms with Gasteiger partial charge in [0.2, 0.25) is 5.91 Å². The number of likely N-dealkylation sites (tertiary alicyclic amines) is 1. The molecule has 0 radical (unpaired) electrons. The van der Waals surface area contributed by atoms with Gasteiger partial charge in [0.1, 0.15) is 5.76 Å². The van der Waals surface area contributed by atoms with Crippen molar-refractivity contribution in [1.82, 2.24) is 20.0 Å². The molecule has 1 unspecified atom stereocenters. The van der Waals surface area contributed by atoms with Crippen molar-refractivity contribution in [3.63, 3.8) is 0 Å². The minimum Gasteiger partial charge on any atom is -0.468 e. The second-order valence-electron chi connectivity index (χ2n) is 6.53. The van der Waals surface area contributed by atoms with Gasteiger partial charge in [-0.3, -0.25) is 14.4 Å². The van der Waals surface area contributed by atoms with Gasteiger partial charge in [-0.1, -0.05) is 0 Å². The molecule has 2 aromatic heterocycles. The summed E-state index contributed by atoms with van der Waals surface area (Å²) in [6.45, 7) is 6.64. The smallest absolute Gasteiger partial charge is 0.224 e. The fraction of sp³-hybridized carbons (Fsp3) is 0.556. The van der Waals surface area contributed by atoms with E-state index < -0.39 is 0 Å². The highest BCUT2D eigenvalue weighted by atomic mass is 16.3. The van der Waals surface area contributed by atoms with Gasteiger partial charge < -0.3 is 9.73 Å². The van der Waals surface area contributed by atoms with Gasteiger partial charge >= 0.3 is 0 Å². The van der Waals surface area contributed by atoms with Gasteiger partial charge in [-0.2, -0.15) is 5.10 Å². The molecule has 1 amide bonds. The van der Waals surface area contributed by atoms with Crippen LogP contribution in [0.5, 0.6) is 0 Å². The van der Waals surface area contributed by atoms with Crippen molar-refractivity contribution in [1.29, 1.82) is 0 Å². The van der Waals surface area contributed by atoms with Crippen LogP contribution in [-0.2, 0) is 18.3 Å². The molecular weight excluding hydrogens is 304 g/mol. The van der Waals surface area contributed by atoms with Crippen LogP contribution >= 0.6 is 0 Å². The average molecular weight is 330 g/mol. The molecule has 3 rings (SSSR count). The fourth-order valence-electron chi connectivity index (χ4n) is 3.45. The van der Waals surface area contributed by atoms with Crippen LogP contribution in [0.15, 0.2) is 22.8 Å². The molecule has 6 nitrogen and oxygen atoms in total. The summed E-state index contributed by atoms with van der Waals surface area (Å²) >= 11 is 0. The van der Waals surface area contributed by atoms with Crippen molar-refractivity contribution in [2.24, 2.45) is 7.05 Å². The lowest BCUT2D eigenvalue weighted by molar-refractivity contribution is -0.120. The lowest BCUT2D eigenvalue weighted by Gasteiger charge is -2.26. The maximum absolute atomic E-state index is 12.4. The Morgan fingerprint density at radius 1 is 1.38 bits per heavy atom. The van der Waals surface area contributed by atoms with Gasteiger partial charge in [0.15, 0.2) is 0 Å². The maximum atomic E-state index is 12.4. The topological polar surface area (TPSA) is 63.3 Å². The highest BCUT2D eigenvalue weighted by Crippen LogP contribution is 2.25. The zero-order valence-electron chi connectivity index (χ0n) is 14.7. The molecule has 0 bridgehead atoms. The Morgan fingerprint density at radius 2 is 2.12 bits per heavy atom. The van der Waals surface area contributed by atoms with Crippen LogP contribution in [0.25, 0.3) is 0 Å². The number of amides is 1. The van der Waals surface area contributed by atoms with Gasteiger partial charge in [-0.25, -0.2) is 0 Å². The first-order chi connectivity index (χ1) is 11.6. The third kappa shape index (κ3) is 3.53. The molecule has 1 aliphatic rings. The third-order valence-electron chi connectivity index (χ3n) is 4.94. The van der Waals surface area contributed by atoms with E-state index in [0.717, 1.165) is 35.8 Å². The summed E-state index contributed by atoms with van der Waals surface area (Å²) in [7, 11) is 1.91. The zero-order valence-corrected chi connectivity index (χ0v) is 14.7. The number of nitrogens with zero attached hydrogens (tertiary/aromatic N) is 3. The SMILES string of the molecule is Cc1nn(C)c(C)c1CC(=O)NCC(c1ccco1)N1CCCC1. The van der Waals surface area contributed by atoms with Crippen LogP contribution in [-0.4, -0.2) is 40.2 Å². The predicted molar refractivity (Wildman–Crippen MR) is 91.7 cm³/mol. The summed E-state index contributed by atoms with van der Waals surface area (Å²) in [4.78, 5) is 14.8. The first-order valence-electron chi connectivity index (χ1n) is 8.59. The number of nitrogens with one attached hydrogen (secondary N) is 1. The molecule has 1 fully saturated rings. The van der Waals surface area contributed by atoms with Gasteiger partial charge in [-0.05, 0) is 51.9 Å². The van der Waals surface area contributed by atoms with Gasteiger partial charge in [0.05, 0.1) is 24.4 Å². The number of aryl methyl sites for hydroxylation is 2. The molecule has 3 heterocycles. The number of carbonyl (C=O) groups excluding carboxylic acids is 1. The summed E-state index contributed by atoms with van der Waals surface area (Å²) in [6, 6.07) is 4.01. The van der Waals surface area contributed by atoms with Gasteiger partial charge in [0.25, 0.3) is 0 Å². The lowest BCUT2D eigenvalue weighted by Crippen LogP contribution is -2.37. The number of aromatic nitrogens is 2. The first kappa shape index (κ1) is 16.8. The fourth-order valence-corrected chi connectivity index (χ4v) is 3.45. The van der Waals surface area contributed by atoms with Crippen LogP contribution < -0.4 is 5.32 Å². The van der Waals surface area contributed by atoms with Crippen molar-refractivity contribution >= 4 is 5.91 Å². The van der Waals surface area contributed by atoms with Crippen LogP contribution in [0.2, 0.25) is 0 Å². The molecule has 0 aliphatic carbocycles. The number of hydrogen-bond acceptors (Lipinski definition) is 4. The Hall–Kier alpha value is -2.08. The molecule has 0 aromatic carbocycles. The van der Waals surface area contributed by atoms with E-state index in [1.165, 1.54) is 12.8 Å². The summed E-state index contributed by atoms with van der Waals surface area (Å²) < 4.78 is 7.42. The number of furan rings is 1. The molecule has 24 heavy (non-hydrogen) atoms. The van der Waals surface area contributed by atoms with Crippen LogP contribution in [0.1, 0.15) is 41.6 Å². The minimum atomic E-state index is 0.0324. The summed E-state index contributed by atoms with van der Waals surface area (Å²) in [6.07, 6.45) is 4.48. The van der Waals surface area contributed by atoms with Crippen LogP contribution in [0.4, 0.5) is 0 Å². The molecule has 0 saturated carbocycles. The van der Waals surface area contributed by atoms with E-state index >= 15 is 0 Å². The molecule has 1 saturated heterocycles. The Bertz CT molecular complexity index is 684. The van der Waals surface area contributed by atoms with Gasteiger partial charge in [0, 0.05) is 24.8 Å². The van der Waals surface area contributed by atoms with Crippen molar-refractivity contribution in [3.8, 4) is 0 Å². The minimum absolute atomic E-state index is 0.0324. The molecule has 1 atom stereocenters. The molecule has 6 heteroatoms. The molecular formula is C18H26N4O2. The predicted octanol–water partition coefficient (Wildman–Crippen LogP) is 2.13. The molecule has 0 spiro atoms. The van der Waals surface area contributed by atoms with Crippen molar-refractivity contribution in [2.75, 3.05) is 19.6 Å². The van der Waals surface area contributed by atoms with Crippen molar-refractivity contribution < 1.29 is 9.21 Å². The van der Waals surface area contributed by atoms with E-state index in [2.05, 4.69) is 15.3 Å². The quantitative estimate of drug-likeness (QED) is 0.881. The molecule has 1 aliphatic heterocycles. The summed E-state index contributed by atoms with van der Waals surface area (Å²) in [5.74, 6) is 0.955. The third-order valence-corrected chi connectivity index (χ3v) is 4.94. The summed E-state index contributed by atoms with van der Waals surface area (Å²) in [5.41, 5.74) is 2.99. The molecule has 2 aromatic rings. The molecule has 130 valence electrons. The Morgan fingerprint density at radius 3 is 2.71 bits per heavy atom. The number of hydrogen-bond donors (Lipinski definition) is 1. The van der Waals surface area contributed by atoms with Crippen LogP contribution in [0, 0.1) is 13.8 Å². The number of carbonyl (C=O) groups is 1. The van der Waals surface area contributed by atoms with Gasteiger partial charge in [-0.15, -0.1) is 0 Å². The zero-order chi connectivity index (χ0) is 17.1. The van der Waals surface area contributed by atoms with Crippen molar-refractivity contribution in [3.05, 3.63) is 41.1 Å². The highest BCUT2D eigenvalue weighted by Gasteiger charge is 2.26. The number of rotatable bonds is 6. The van der Waals surface area contributed by atoms with E-state index in [4.69, 9.17) is 4.42 Å².